The van der Waals surface area contributed by atoms with Crippen LogP contribution >= 0.6 is 11.6 Å². The van der Waals surface area contributed by atoms with Gasteiger partial charge >= 0.3 is 0 Å². The quantitative estimate of drug-likeness (QED) is 0.788. The van der Waals surface area contributed by atoms with E-state index in [0.717, 1.165) is 17.1 Å². The van der Waals surface area contributed by atoms with Crippen LogP contribution in [0.15, 0.2) is 24.3 Å². The van der Waals surface area contributed by atoms with Crippen LogP contribution in [0.5, 0.6) is 0 Å². The summed E-state index contributed by atoms with van der Waals surface area (Å²) in [5.41, 5.74) is 1.15. The van der Waals surface area contributed by atoms with Gasteiger partial charge in [-0.05, 0) is 37.6 Å². The number of nitrogens with one attached hydrogen (secondary N) is 1. The predicted octanol–water partition coefficient (Wildman–Crippen LogP) is 2.39. The molecule has 0 fully saturated rings. The van der Waals surface area contributed by atoms with E-state index in [2.05, 4.69) is 12.2 Å². The van der Waals surface area contributed by atoms with Crippen molar-refractivity contribution in [2.24, 2.45) is 0 Å². The molecule has 0 aromatic heterocycles. The van der Waals surface area contributed by atoms with Crippen LogP contribution in [0.1, 0.15) is 24.9 Å². The van der Waals surface area contributed by atoms with Crippen molar-refractivity contribution < 1.29 is 9.84 Å². The van der Waals surface area contributed by atoms with Gasteiger partial charge in [-0.25, -0.2) is 0 Å². The van der Waals surface area contributed by atoms with E-state index in [4.69, 9.17) is 16.3 Å². The molecule has 2 unspecified atom stereocenters. The summed E-state index contributed by atoms with van der Waals surface area (Å²) >= 11 is 5.93. The molecule has 1 aromatic carbocycles. The SMILES string of the molecule is COCC(O)CCNC(C)c1cccc(Cl)c1. The maximum atomic E-state index is 9.49. The summed E-state index contributed by atoms with van der Waals surface area (Å²) in [5, 5.41) is 13.6. The zero-order valence-electron chi connectivity index (χ0n) is 10.3. The molecular formula is C13H20ClNO2. The Morgan fingerprint density at radius 2 is 2.24 bits per heavy atom. The molecular weight excluding hydrogens is 238 g/mol. The van der Waals surface area contributed by atoms with Gasteiger partial charge in [0.05, 0.1) is 12.7 Å². The van der Waals surface area contributed by atoms with Gasteiger partial charge in [-0.1, -0.05) is 23.7 Å². The van der Waals surface area contributed by atoms with Crippen LogP contribution in [0.25, 0.3) is 0 Å². The van der Waals surface area contributed by atoms with Crippen molar-refractivity contribution in [2.45, 2.75) is 25.5 Å². The molecule has 96 valence electrons. The van der Waals surface area contributed by atoms with Crippen LogP contribution in [0, 0.1) is 0 Å². The minimum atomic E-state index is -0.404. The average molecular weight is 258 g/mol. The first-order valence-electron chi connectivity index (χ1n) is 5.79. The third kappa shape index (κ3) is 5.50. The van der Waals surface area contributed by atoms with Gasteiger partial charge in [-0.15, -0.1) is 0 Å². The molecule has 2 atom stereocenters. The monoisotopic (exact) mass is 257 g/mol. The second kappa shape index (κ2) is 7.67. The lowest BCUT2D eigenvalue weighted by Crippen LogP contribution is -2.25. The molecule has 0 heterocycles. The van der Waals surface area contributed by atoms with Gasteiger partial charge in [0.15, 0.2) is 0 Å². The number of benzene rings is 1. The number of rotatable bonds is 7. The van der Waals surface area contributed by atoms with Crippen LogP contribution < -0.4 is 5.32 Å². The van der Waals surface area contributed by atoms with Crippen molar-refractivity contribution >= 4 is 11.6 Å². The van der Waals surface area contributed by atoms with E-state index in [1.165, 1.54) is 0 Å². The van der Waals surface area contributed by atoms with Crippen molar-refractivity contribution in [2.75, 3.05) is 20.3 Å². The molecule has 3 nitrogen and oxygen atoms in total. The summed E-state index contributed by atoms with van der Waals surface area (Å²) < 4.78 is 4.87. The van der Waals surface area contributed by atoms with E-state index < -0.39 is 6.10 Å². The Labute approximate surface area is 108 Å². The number of ether oxygens (including phenoxy) is 1. The van der Waals surface area contributed by atoms with E-state index in [0.29, 0.717) is 13.0 Å². The summed E-state index contributed by atoms with van der Waals surface area (Å²) in [6, 6.07) is 8.01. The molecule has 0 saturated heterocycles. The molecule has 0 bridgehead atoms. The molecule has 0 spiro atoms. The van der Waals surface area contributed by atoms with Crippen molar-refractivity contribution in [3.05, 3.63) is 34.9 Å². The Bertz CT molecular complexity index is 333. The topological polar surface area (TPSA) is 41.5 Å². The number of hydrogen-bond acceptors (Lipinski definition) is 3. The summed E-state index contributed by atoms with van der Waals surface area (Å²) in [7, 11) is 1.59. The molecule has 0 aliphatic rings. The highest BCUT2D eigenvalue weighted by atomic mass is 35.5. The molecule has 0 aliphatic carbocycles. The van der Waals surface area contributed by atoms with Crippen LogP contribution in [-0.4, -0.2) is 31.5 Å². The highest BCUT2D eigenvalue weighted by Crippen LogP contribution is 2.17. The third-order valence-corrected chi connectivity index (χ3v) is 2.87. The number of halogens is 1. The normalized spacial score (nSPS) is 14.6. The molecule has 0 amide bonds. The summed E-state index contributed by atoms with van der Waals surface area (Å²) in [4.78, 5) is 0. The lowest BCUT2D eigenvalue weighted by molar-refractivity contribution is 0.0590. The highest BCUT2D eigenvalue weighted by molar-refractivity contribution is 6.30. The minimum Gasteiger partial charge on any atom is -0.391 e. The maximum absolute atomic E-state index is 9.49. The highest BCUT2D eigenvalue weighted by Gasteiger charge is 2.07. The molecule has 17 heavy (non-hydrogen) atoms. The Kier molecular flexibility index (Phi) is 6.52. The van der Waals surface area contributed by atoms with Gasteiger partial charge in [0, 0.05) is 18.2 Å². The van der Waals surface area contributed by atoms with Crippen LogP contribution in [0.3, 0.4) is 0 Å². The first-order valence-corrected chi connectivity index (χ1v) is 6.17. The van der Waals surface area contributed by atoms with Gasteiger partial charge in [-0.2, -0.15) is 0 Å². The van der Waals surface area contributed by atoms with Gasteiger partial charge in [0.25, 0.3) is 0 Å². The van der Waals surface area contributed by atoms with Crippen LogP contribution in [-0.2, 0) is 4.74 Å². The Morgan fingerprint density at radius 3 is 2.88 bits per heavy atom. The number of hydrogen-bond donors (Lipinski definition) is 2. The van der Waals surface area contributed by atoms with Crippen molar-refractivity contribution in [1.82, 2.24) is 5.32 Å². The second-order valence-electron chi connectivity index (χ2n) is 4.13. The van der Waals surface area contributed by atoms with E-state index >= 15 is 0 Å². The summed E-state index contributed by atoms with van der Waals surface area (Å²) in [6.45, 7) is 3.21. The Morgan fingerprint density at radius 1 is 1.47 bits per heavy atom. The summed E-state index contributed by atoms with van der Waals surface area (Å²) in [6.07, 6.45) is 0.276. The van der Waals surface area contributed by atoms with Crippen LogP contribution in [0.4, 0.5) is 0 Å². The lowest BCUT2D eigenvalue weighted by Gasteiger charge is -2.16. The number of aliphatic hydroxyl groups is 1. The average Bonchev–Trinajstić information content (AvgIpc) is 2.29. The molecule has 2 N–H and O–H groups in total. The molecule has 1 rings (SSSR count). The van der Waals surface area contributed by atoms with Crippen LogP contribution in [0.2, 0.25) is 5.02 Å². The fourth-order valence-corrected chi connectivity index (χ4v) is 1.83. The third-order valence-electron chi connectivity index (χ3n) is 2.64. The summed E-state index contributed by atoms with van der Waals surface area (Å²) in [5.74, 6) is 0. The molecule has 4 heteroatoms. The van der Waals surface area contributed by atoms with E-state index in [1.807, 2.05) is 24.3 Å². The second-order valence-corrected chi connectivity index (χ2v) is 4.57. The largest absolute Gasteiger partial charge is 0.391 e. The number of methoxy groups -OCH3 is 1. The first kappa shape index (κ1) is 14.5. The Hall–Kier alpha value is -0.610. The van der Waals surface area contributed by atoms with Crippen molar-refractivity contribution in [1.29, 1.82) is 0 Å². The van der Waals surface area contributed by atoms with Crippen molar-refractivity contribution in [3.8, 4) is 0 Å². The van der Waals surface area contributed by atoms with E-state index in [-0.39, 0.29) is 6.04 Å². The predicted molar refractivity (Wildman–Crippen MR) is 70.4 cm³/mol. The molecule has 1 aromatic rings. The fraction of sp³-hybridized carbons (Fsp3) is 0.538. The first-order chi connectivity index (χ1) is 8.13. The van der Waals surface area contributed by atoms with E-state index in [1.54, 1.807) is 7.11 Å². The lowest BCUT2D eigenvalue weighted by atomic mass is 10.1. The number of aliphatic hydroxyl groups excluding tert-OH is 1. The molecule has 0 saturated carbocycles. The molecule has 0 radical (unpaired) electrons. The maximum Gasteiger partial charge on any atom is 0.0785 e. The Balaban J connectivity index is 2.32. The molecule has 0 aliphatic heterocycles. The zero-order chi connectivity index (χ0) is 12.7. The fourth-order valence-electron chi connectivity index (χ4n) is 1.64. The zero-order valence-corrected chi connectivity index (χ0v) is 11.1. The van der Waals surface area contributed by atoms with Gasteiger partial charge in [-0.3, -0.25) is 0 Å². The smallest absolute Gasteiger partial charge is 0.0785 e. The van der Waals surface area contributed by atoms with Gasteiger partial charge in [0.1, 0.15) is 0 Å². The standard InChI is InChI=1S/C13H20ClNO2/c1-10(11-4-3-5-12(14)8-11)15-7-6-13(16)9-17-2/h3-5,8,10,13,15-16H,6-7,9H2,1-2H3. The van der Waals surface area contributed by atoms with Crippen molar-refractivity contribution in [3.63, 3.8) is 0 Å². The minimum absolute atomic E-state index is 0.225. The van der Waals surface area contributed by atoms with E-state index in [9.17, 15) is 5.11 Å². The van der Waals surface area contributed by atoms with Gasteiger partial charge in [0.2, 0.25) is 0 Å². The van der Waals surface area contributed by atoms with Gasteiger partial charge < -0.3 is 15.2 Å².